The van der Waals surface area contributed by atoms with Crippen molar-refractivity contribution in [2.75, 3.05) is 5.32 Å². The van der Waals surface area contributed by atoms with Crippen molar-refractivity contribution in [3.63, 3.8) is 0 Å². The number of hydrogen-bond donors (Lipinski definition) is 2. The van der Waals surface area contributed by atoms with Crippen molar-refractivity contribution in [3.8, 4) is 0 Å². The number of anilines is 1. The number of aryl methyl sites for hydroxylation is 2. The normalized spacial score (nSPS) is 10.3. The Kier molecular flexibility index (Phi) is 4.53. The third-order valence-electron chi connectivity index (χ3n) is 3.40. The van der Waals surface area contributed by atoms with E-state index in [1.807, 2.05) is 43.3 Å². The van der Waals surface area contributed by atoms with Gasteiger partial charge < -0.3 is 11.1 Å². The van der Waals surface area contributed by atoms with E-state index in [4.69, 9.17) is 5.73 Å². The zero-order valence-corrected chi connectivity index (χ0v) is 11.9. The number of carbonyl (C=O) groups is 1. The summed E-state index contributed by atoms with van der Waals surface area (Å²) in [7, 11) is 0. The van der Waals surface area contributed by atoms with Gasteiger partial charge in [-0.1, -0.05) is 37.3 Å². The minimum Gasteiger partial charge on any atom is -0.326 e. The number of amides is 1. The SMILES string of the molecule is CCc1cccc(C)c1NC(=O)c1cccc(CN)c1. The average Bonchev–Trinajstić information content (AvgIpc) is 2.49. The minimum absolute atomic E-state index is 0.0932. The zero-order valence-electron chi connectivity index (χ0n) is 11.9. The van der Waals surface area contributed by atoms with Gasteiger partial charge in [-0.3, -0.25) is 4.79 Å². The molecule has 0 atom stereocenters. The maximum absolute atomic E-state index is 12.4. The lowest BCUT2D eigenvalue weighted by atomic mass is 10.0. The fourth-order valence-corrected chi connectivity index (χ4v) is 2.23. The standard InChI is InChI=1S/C17H20N2O/c1-3-14-8-4-6-12(2)16(14)19-17(20)15-9-5-7-13(10-15)11-18/h4-10H,3,11,18H2,1-2H3,(H,19,20). The monoisotopic (exact) mass is 268 g/mol. The summed E-state index contributed by atoms with van der Waals surface area (Å²) in [6.45, 7) is 4.52. The van der Waals surface area contributed by atoms with E-state index in [9.17, 15) is 4.79 Å². The topological polar surface area (TPSA) is 55.1 Å². The summed E-state index contributed by atoms with van der Waals surface area (Å²) in [5, 5.41) is 3.02. The van der Waals surface area contributed by atoms with E-state index >= 15 is 0 Å². The van der Waals surface area contributed by atoms with Gasteiger partial charge in [0.1, 0.15) is 0 Å². The number of carbonyl (C=O) groups excluding carboxylic acids is 1. The zero-order chi connectivity index (χ0) is 14.5. The van der Waals surface area contributed by atoms with Gasteiger partial charge in [0, 0.05) is 17.8 Å². The van der Waals surface area contributed by atoms with Crippen LogP contribution in [0.4, 0.5) is 5.69 Å². The molecule has 0 aliphatic heterocycles. The minimum atomic E-state index is -0.0932. The van der Waals surface area contributed by atoms with Gasteiger partial charge in [-0.2, -0.15) is 0 Å². The van der Waals surface area contributed by atoms with Crippen LogP contribution in [0.15, 0.2) is 42.5 Å². The van der Waals surface area contributed by atoms with Crippen molar-refractivity contribution >= 4 is 11.6 Å². The van der Waals surface area contributed by atoms with E-state index in [1.165, 1.54) is 0 Å². The molecular weight excluding hydrogens is 248 g/mol. The second-order valence-electron chi connectivity index (χ2n) is 4.82. The van der Waals surface area contributed by atoms with Crippen LogP contribution in [0.2, 0.25) is 0 Å². The van der Waals surface area contributed by atoms with Crippen molar-refractivity contribution in [1.82, 2.24) is 0 Å². The van der Waals surface area contributed by atoms with Crippen LogP contribution in [0, 0.1) is 6.92 Å². The third-order valence-corrected chi connectivity index (χ3v) is 3.40. The van der Waals surface area contributed by atoms with E-state index < -0.39 is 0 Å². The third kappa shape index (κ3) is 3.06. The summed E-state index contributed by atoms with van der Waals surface area (Å²) < 4.78 is 0. The molecule has 0 heterocycles. The molecule has 2 rings (SSSR count). The largest absolute Gasteiger partial charge is 0.326 e. The second kappa shape index (κ2) is 6.35. The van der Waals surface area contributed by atoms with Crippen LogP contribution in [0.5, 0.6) is 0 Å². The van der Waals surface area contributed by atoms with Gasteiger partial charge >= 0.3 is 0 Å². The maximum Gasteiger partial charge on any atom is 0.255 e. The fraction of sp³-hybridized carbons (Fsp3) is 0.235. The molecule has 2 aromatic rings. The van der Waals surface area contributed by atoms with Crippen LogP contribution in [0.25, 0.3) is 0 Å². The average molecular weight is 268 g/mol. The Bertz CT molecular complexity index is 620. The van der Waals surface area contributed by atoms with Crippen LogP contribution >= 0.6 is 0 Å². The van der Waals surface area contributed by atoms with E-state index in [0.717, 1.165) is 28.8 Å². The van der Waals surface area contributed by atoms with Crippen molar-refractivity contribution in [2.45, 2.75) is 26.8 Å². The molecule has 0 radical (unpaired) electrons. The Morgan fingerprint density at radius 3 is 2.65 bits per heavy atom. The van der Waals surface area contributed by atoms with Gasteiger partial charge in [-0.25, -0.2) is 0 Å². The van der Waals surface area contributed by atoms with Crippen LogP contribution in [0.1, 0.15) is 34.0 Å². The van der Waals surface area contributed by atoms with Crippen LogP contribution in [0.3, 0.4) is 0 Å². The first kappa shape index (κ1) is 14.3. The highest BCUT2D eigenvalue weighted by Crippen LogP contribution is 2.22. The molecule has 0 spiro atoms. The second-order valence-corrected chi connectivity index (χ2v) is 4.82. The maximum atomic E-state index is 12.4. The summed E-state index contributed by atoms with van der Waals surface area (Å²) >= 11 is 0. The Balaban J connectivity index is 2.27. The molecule has 20 heavy (non-hydrogen) atoms. The Morgan fingerprint density at radius 1 is 1.20 bits per heavy atom. The highest BCUT2D eigenvalue weighted by molar-refractivity contribution is 6.05. The molecular formula is C17H20N2O. The van der Waals surface area contributed by atoms with Crippen LogP contribution in [-0.2, 0) is 13.0 Å². The molecule has 2 aromatic carbocycles. The highest BCUT2D eigenvalue weighted by Gasteiger charge is 2.10. The molecule has 0 fully saturated rings. The van der Waals surface area contributed by atoms with E-state index in [2.05, 4.69) is 12.2 Å². The van der Waals surface area contributed by atoms with Gasteiger partial charge in [-0.15, -0.1) is 0 Å². The lowest BCUT2D eigenvalue weighted by Crippen LogP contribution is -2.14. The summed E-state index contributed by atoms with van der Waals surface area (Å²) in [4.78, 5) is 12.4. The van der Waals surface area contributed by atoms with Gasteiger partial charge in [0.05, 0.1) is 0 Å². The number of para-hydroxylation sites is 1. The Labute approximate surface area is 119 Å². The van der Waals surface area contributed by atoms with Crippen molar-refractivity contribution in [1.29, 1.82) is 0 Å². The molecule has 3 N–H and O–H groups in total. The molecule has 1 amide bonds. The fourth-order valence-electron chi connectivity index (χ4n) is 2.23. The molecule has 0 aromatic heterocycles. The smallest absolute Gasteiger partial charge is 0.255 e. The lowest BCUT2D eigenvalue weighted by Gasteiger charge is -2.13. The molecule has 0 bridgehead atoms. The number of rotatable bonds is 4. The number of nitrogens with one attached hydrogen (secondary N) is 1. The summed E-state index contributed by atoms with van der Waals surface area (Å²) in [5.74, 6) is -0.0932. The molecule has 0 aliphatic carbocycles. The highest BCUT2D eigenvalue weighted by atomic mass is 16.1. The first-order valence-corrected chi connectivity index (χ1v) is 6.84. The van der Waals surface area contributed by atoms with Gasteiger partial charge in [-0.05, 0) is 42.2 Å². The molecule has 3 heteroatoms. The molecule has 0 saturated heterocycles. The first-order valence-electron chi connectivity index (χ1n) is 6.84. The summed E-state index contributed by atoms with van der Waals surface area (Å²) in [6.07, 6.45) is 0.889. The molecule has 0 aliphatic rings. The number of nitrogens with two attached hydrogens (primary N) is 1. The molecule has 104 valence electrons. The van der Waals surface area contributed by atoms with Crippen LogP contribution < -0.4 is 11.1 Å². The van der Waals surface area contributed by atoms with Gasteiger partial charge in [0.2, 0.25) is 0 Å². The van der Waals surface area contributed by atoms with Gasteiger partial charge in [0.25, 0.3) is 5.91 Å². The van der Waals surface area contributed by atoms with Crippen molar-refractivity contribution in [3.05, 3.63) is 64.7 Å². The molecule has 0 saturated carbocycles. The summed E-state index contributed by atoms with van der Waals surface area (Å²) in [5.41, 5.74) is 10.3. The van der Waals surface area contributed by atoms with E-state index in [0.29, 0.717) is 12.1 Å². The predicted octanol–water partition coefficient (Wildman–Crippen LogP) is 3.27. The summed E-state index contributed by atoms with van der Waals surface area (Å²) in [6, 6.07) is 13.5. The molecule has 0 unspecified atom stereocenters. The Morgan fingerprint density at radius 2 is 1.95 bits per heavy atom. The Hall–Kier alpha value is -2.13. The van der Waals surface area contributed by atoms with Crippen molar-refractivity contribution < 1.29 is 4.79 Å². The van der Waals surface area contributed by atoms with Crippen molar-refractivity contribution in [2.24, 2.45) is 5.73 Å². The number of benzene rings is 2. The van der Waals surface area contributed by atoms with E-state index in [-0.39, 0.29) is 5.91 Å². The van der Waals surface area contributed by atoms with Gasteiger partial charge in [0.15, 0.2) is 0 Å². The lowest BCUT2D eigenvalue weighted by molar-refractivity contribution is 0.102. The van der Waals surface area contributed by atoms with Crippen LogP contribution in [-0.4, -0.2) is 5.91 Å². The first-order chi connectivity index (χ1) is 9.65. The quantitative estimate of drug-likeness (QED) is 0.894. The number of hydrogen-bond acceptors (Lipinski definition) is 2. The van der Waals surface area contributed by atoms with E-state index in [1.54, 1.807) is 6.07 Å². The predicted molar refractivity (Wildman–Crippen MR) is 82.8 cm³/mol. The molecule has 3 nitrogen and oxygen atoms in total.